The van der Waals surface area contributed by atoms with Crippen molar-refractivity contribution in [2.45, 2.75) is 13.0 Å². The van der Waals surface area contributed by atoms with Crippen LogP contribution in [0.4, 0.5) is 0 Å². The molecule has 3 rings (SSSR count). The molecule has 1 N–H and O–H groups in total. The molecular weight excluding hydrogens is 226 g/mol. The van der Waals surface area contributed by atoms with Crippen LogP contribution in [-0.4, -0.2) is 23.6 Å². The summed E-state index contributed by atoms with van der Waals surface area (Å²) in [7, 11) is 1.63. The first-order valence-corrected chi connectivity index (χ1v) is 6.07. The summed E-state index contributed by atoms with van der Waals surface area (Å²) in [6.45, 7) is 1.93. The van der Waals surface area contributed by atoms with Gasteiger partial charge in [-0.25, -0.2) is 9.97 Å². The number of ether oxygens (including phenoxy) is 1. The van der Waals surface area contributed by atoms with Crippen molar-refractivity contribution in [1.29, 1.82) is 0 Å². The Kier molecular flexibility index (Phi) is 2.94. The number of nitrogens with zero attached hydrogens (tertiary/aromatic N) is 2. The standard InChI is InChI=1S/C14H15N3O/c1-18-14-13(16-7-8-17-14)12-4-2-3-10-9-15-6-5-11(10)12/h2-4,7-8,15H,5-6,9H2,1H3. The van der Waals surface area contributed by atoms with E-state index in [1.807, 2.05) is 0 Å². The van der Waals surface area contributed by atoms with Crippen molar-refractivity contribution >= 4 is 0 Å². The van der Waals surface area contributed by atoms with Crippen molar-refractivity contribution in [2.75, 3.05) is 13.7 Å². The quantitative estimate of drug-likeness (QED) is 0.871. The lowest BCUT2D eigenvalue weighted by Gasteiger charge is -2.20. The third kappa shape index (κ3) is 1.84. The highest BCUT2D eigenvalue weighted by Crippen LogP contribution is 2.31. The summed E-state index contributed by atoms with van der Waals surface area (Å²) in [6, 6.07) is 6.32. The van der Waals surface area contributed by atoms with Crippen LogP contribution in [0.1, 0.15) is 11.1 Å². The van der Waals surface area contributed by atoms with E-state index < -0.39 is 0 Å². The second kappa shape index (κ2) is 4.74. The molecule has 0 atom stereocenters. The molecule has 0 bridgehead atoms. The Bertz CT molecular complexity index is 569. The van der Waals surface area contributed by atoms with Gasteiger partial charge >= 0.3 is 0 Å². The van der Waals surface area contributed by atoms with Crippen LogP contribution in [0.25, 0.3) is 11.3 Å². The number of aromatic nitrogens is 2. The first-order chi connectivity index (χ1) is 8.90. The van der Waals surface area contributed by atoms with E-state index >= 15 is 0 Å². The fourth-order valence-corrected chi connectivity index (χ4v) is 2.41. The van der Waals surface area contributed by atoms with Gasteiger partial charge in [-0.05, 0) is 24.1 Å². The Morgan fingerprint density at radius 1 is 1.22 bits per heavy atom. The van der Waals surface area contributed by atoms with Crippen molar-refractivity contribution in [1.82, 2.24) is 15.3 Å². The van der Waals surface area contributed by atoms with E-state index in [-0.39, 0.29) is 0 Å². The number of hydrogen-bond donors (Lipinski definition) is 1. The van der Waals surface area contributed by atoms with Gasteiger partial charge in [-0.3, -0.25) is 0 Å². The summed E-state index contributed by atoms with van der Waals surface area (Å²) < 4.78 is 5.30. The molecule has 0 spiro atoms. The molecule has 0 saturated carbocycles. The van der Waals surface area contributed by atoms with Crippen LogP contribution < -0.4 is 10.1 Å². The third-order valence-electron chi connectivity index (χ3n) is 3.25. The maximum atomic E-state index is 5.30. The molecule has 0 fully saturated rings. The van der Waals surface area contributed by atoms with E-state index in [0.717, 1.165) is 30.8 Å². The predicted molar refractivity (Wildman–Crippen MR) is 69.4 cm³/mol. The van der Waals surface area contributed by atoms with Gasteiger partial charge in [-0.2, -0.15) is 0 Å². The van der Waals surface area contributed by atoms with Crippen molar-refractivity contribution in [3.8, 4) is 17.1 Å². The van der Waals surface area contributed by atoms with E-state index in [0.29, 0.717) is 5.88 Å². The average molecular weight is 241 g/mol. The molecule has 92 valence electrons. The van der Waals surface area contributed by atoms with Gasteiger partial charge in [0.2, 0.25) is 5.88 Å². The van der Waals surface area contributed by atoms with E-state index in [9.17, 15) is 0 Å². The predicted octanol–water partition coefficient (Wildman–Crippen LogP) is 1.80. The molecule has 1 aliphatic heterocycles. The van der Waals surface area contributed by atoms with Gasteiger partial charge in [0, 0.05) is 24.5 Å². The normalized spacial score (nSPS) is 14.1. The van der Waals surface area contributed by atoms with Gasteiger partial charge in [0.15, 0.2) is 0 Å². The van der Waals surface area contributed by atoms with Gasteiger partial charge in [-0.1, -0.05) is 18.2 Å². The zero-order valence-electron chi connectivity index (χ0n) is 10.3. The molecule has 2 aromatic rings. The Labute approximate surface area is 106 Å². The topological polar surface area (TPSA) is 47.0 Å². The maximum absolute atomic E-state index is 5.30. The van der Waals surface area contributed by atoms with Crippen LogP contribution in [0, 0.1) is 0 Å². The fraction of sp³-hybridized carbons (Fsp3) is 0.286. The van der Waals surface area contributed by atoms with Crippen molar-refractivity contribution in [3.05, 3.63) is 41.7 Å². The van der Waals surface area contributed by atoms with Crippen LogP contribution in [0.5, 0.6) is 5.88 Å². The number of benzene rings is 1. The Hall–Kier alpha value is -1.94. The summed E-state index contributed by atoms with van der Waals surface area (Å²) in [6.07, 6.45) is 4.38. The largest absolute Gasteiger partial charge is 0.479 e. The monoisotopic (exact) mass is 241 g/mol. The minimum absolute atomic E-state index is 0.587. The van der Waals surface area contributed by atoms with E-state index in [2.05, 4.69) is 33.5 Å². The van der Waals surface area contributed by atoms with Crippen molar-refractivity contribution in [2.24, 2.45) is 0 Å². The van der Waals surface area contributed by atoms with Crippen LogP contribution in [-0.2, 0) is 13.0 Å². The highest BCUT2D eigenvalue weighted by Gasteiger charge is 2.17. The highest BCUT2D eigenvalue weighted by molar-refractivity contribution is 5.69. The number of nitrogens with one attached hydrogen (secondary N) is 1. The third-order valence-corrected chi connectivity index (χ3v) is 3.25. The molecule has 2 heterocycles. The van der Waals surface area contributed by atoms with Gasteiger partial charge in [0.05, 0.1) is 7.11 Å². The Morgan fingerprint density at radius 2 is 2.11 bits per heavy atom. The minimum atomic E-state index is 0.587. The molecule has 18 heavy (non-hydrogen) atoms. The lowest BCUT2D eigenvalue weighted by Crippen LogP contribution is -2.24. The van der Waals surface area contributed by atoms with Crippen LogP contribution in [0.3, 0.4) is 0 Å². The van der Waals surface area contributed by atoms with Crippen LogP contribution in [0.2, 0.25) is 0 Å². The summed E-state index contributed by atoms with van der Waals surface area (Å²) in [5, 5.41) is 3.38. The summed E-state index contributed by atoms with van der Waals surface area (Å²) in [4.78, 5) is 8.64. The molecule has 1 aromatic heterocycles. The highest BCUT2D eigenvalue weighted by atomic mass is 16.5. The number of hydrogen-bond acceptors (Lipinski definition) is 4. The number of rotatable bonds is 2. The lowest BCUT2D eigenvalue weighted by atomic mass is 9.94. The minimum Gasteiger partial charge on any atom is -0.479 e. The van der Waals surface area contributed by atoms with Crippen LogP contribution >= 0.6 is 0 Å². The van der Waals surface area contributed by atoms with Gasteiger partial charge in [0.1, 0.15) is 5.69 Å². The van der Waals surface area contributed by atoms with E-state index in [1.54, 1.807) is 19.5 Å². The van der Waals surface area contributed by atoms with Gasteiger partial charge in [-0.15, -0.1) is 0 Å². The van der Waals surface area contributed by atoms with Crippen molar-refractivity contribution in [3.63, 3.8) is 0 Å². The zero-order valence-corrected chi connectivity index (χ0v) is 10.3. The number of methoxy groups -OCH3 is 1. The molecule has 0 amide bonds. The van der Waals surface area contributed by atoms with Crippen LogP contribution in [0.15, 0.2) is 30.6 Å². The van der Waals surface area contributed by atoms with Crippen molar-refractivity contribution < 1.29 is 4.74 Å². The lowest BCUT2D eigenvalue weighted by molar-refractivity contribution is 0.397. The van der Waals surface area contributed by atoms with E-state index in [1.165, 1.54) is 11.1 Å². The molecule has 4 heteroatoms. The maximum Gasteiger partial charge on any atom is 0.240 e. The molecule has 0 radical (unpaired) electrons. The summed E-state index contributed by atoms with van der Waals surface area (Å²) in [5.74, 6) is 0.587. The summed E-state index contributed by atoms with van der Waals surface area (Å²) in [5.41, 5.74) is 4.67. The molecule has 4 nitrogen and oxygen atoms in total. The zero-order chi connectivity index (χ0) is 12.4. The van der Waals surface area contributed by atoms with Gasteiger partial charge < -0.3 is 10.1 Å². The molecule has 0 saturated heterocycles. The number of fused-ring (bicyclic) bond motifs is 1. The second-order valence-corrected chi connectivity index (χ2v) is 4.28. The molecule has 1 aromatic carbocycles. The molecule has 0 aliphatic carbocycles. The fourth-order valence-electron chi connectivity index (χ4n) is 2.41. The van der Waals surface area contributed by atoms with Gasteiger partial charge in [0.25, 0.3) is 0 Å². The average Bonchev–Trinajstić information content (AvgIpc) is 2.46. The Morgan fingerprint density at radius 3 is 3.00 bits per heavy atom. The summed E-state index contributed by atoms with van der Waals surface area (Å²) >= 11 is 0. The molecular formula is C14H15N3O. The first-order valence-electron chi connectivity index (χ1n) is 6.07. The first kappa shape index (κ1) is 11.2. The molecule has 0 unspecified atom stereocenters. The second-order valence-electron chi connectivity index (χ2n) is 4.28. The molecule has 1 aliphatic rings. The SMILES string of the molecule is COc1nccnc1-c1cccc2c1CCNC2. The van der Waals surface area contributed by atoms with E-state index in [4.69, 9.17) is 4.74 Å². The Balaban J connectivity index is 2.17. The smallest absolute Gasteiger partial charge is 0.240 e.